The van der Waals surface area contributed by atoms with Gasteiger partial charge in [-0.25, -0.2) is 8.42 Å². The molecule has 1 aliphatic rings. The first-order valence-electron chi connectivity index (χ1n) is 8.40. The Morgan fingerprint density at radius 2 is 1.89 bits per heavy atom. The summed E-state index contributed by atoms with van der Waals surface area (Å²) in [6, 6.07) is 6.79. The van der Waals surface area contributed by atoms with Gasteiger partial charge in [-0.3, -0.25) is 19.7 Å². The average molecular weight is 395 g/mol. The van der Waals surface area contributed by atoms with Crippen molar-refractivity contribution in [2.24, 2.45) is 5.92 Å². The average Bonchev–Trinajstić information content (AvgIpc) is 2.83. The molecule has 0 bridgehead atoms. The van der Waals surface area contributed by atoms with Crippen LogP contribution >= 0.6 is 0 Å². The normalized spacial score (nSPS) is 20.8. The van der Waals surface area contributed by atoms with E-state index in [4.69, 9.17) is 4.74 Å². The van der Waals surface area contributed by atoms with Gasteiger partial charge < -0.3 is 4.74 Å². The number of hydrogen-bond donors (Lipinski definition) is 0. The highest BCUT2D eigenvalue weighted by Crippen LogP contribution is 2.43. The van der Waals surface area contributed by atoms with Crippen LogP contribution in [0, 0.1) is 16.0 Å². The van der Waals surface area contributed by atoms with E-state index < -0.39 is 50.1 Å². The molecule has 0 aromatic heterocycles. The van der Waals surface area contributed by atoms with Crippen LogP contribution in [0.2, 0.25) is 0 Å². The molecule has 1 aliphatic heterocycles. The maximum absolute atomic E-state index is 12.8. The van der Waals surface area contributed by atoms with Crippen LogP contribution in [-0.2, 0) is 24.2 Å². The smallest absolute Gasteiger partial charge is 0.317 e. The highest BCUT2D eigenvalue weighted by atomic mass is 32.2. The van der Waals surface area contributed by atoms with Crippen LogP contribution in [0.5, 0.6) is 0 Å². The van der Waals surface area contributed by atoms with Crippen molar-refractivity contribution in [1.29, 1.82) is 0 Å². The molecule has 0 spiro atoms. The van der Waals surface area contributed by atoms with Crippen molar-refractivity contribution in [1.82, 2.24) is 0 Å². The number of benzene rings is 1. The predicted molar refractivity (Wildman–Crippen MR) is 97.3 cm³/mol. The van der Waals surface area contributed by atoms with Gasteiger partial charge in [0.1, 0.15) is 17.5 Å². The van der Waals surface area contributed by atoms with Crippen LogP contribution < -0.4 is 0 Å². The highest BCUT2D eigenvalue weighted by Gasteiger charge is 2.50. The van der Waals surface area contributed by atoms with Crippen LogP contribution in [0.4, 0.5) is 0 Å². The SMILES string of the molecule is CCOC(=O)[C@H](C(C)=O)[C@H](C1=C(C)[C@H]([N+](=O)[O-])CS1(=O)=O)c1ccccc1. The van der Waals surface area contributed by atoms with E-state index in [1.54, 1.807) is 37.3 Å². The molecule has 0 unspecified atom stereocenters. The zero-order chi connectivity index (χ0) is 20.4. The largest absolute Gasteiger partial charge is 0.465 e. The molecule has 1 aromatic carbocycles. The van der Waals surface area contributed by atoms with Crippen molar-refractivity contribution in [3.8, 4) is 0 Å². The summed E-state index contributed by atoms with van der Waals surface area (Å²) >= 11 is 0. The lowest BCUT2D eigenvalue weighted by molar-refractivity contribution is -0.505. The topological polar surface area (TPSA) is 121 Å². The number of rotatable bonds is 7. The van der Waals surface area contributed by atoms with Gasteiger partial charge in [-0.2, -0.15) is 0 Å². The highest BCUT2D eigenvalue weighted by molar-refractivity contribution is 7.95. The van der Waals surface area contributed by atoms with Crippen molar-refractivity contribution in [3.63, 3.8) is 0 Å². The number of ether oxygens (including phenoxy) is 1. The minimum absolute atomic E-state index is 0.0203. The summed E-state index contributed by atoms with van der Waals surface area (Å²) in [5.74, 6) is -4.67. The maximum atomic E-state index is 12.8. The fraction of sp³-hybridized carbons (Fsp3) is 0.444. The molecule has 0 saturated heterocycles. The van der Waals surface area contributed by atoms with Crippen LogP contribution in [0.3, 0.4) is 0 Å². The number of ketones is 1. The molecule has 0 saturated carbocycles. The summed E-state index contributed by atoms with van der Waals surface area (Å²) in [4.78, 5) is 35.2. The minimum Gasteiger partial charge on any atom is -0.465 e. The Hall–Kier alpha value is -2.55. The molecular weight excluding hydrogens is 374 g/mol. The lowest BCUT2D eigenvalue weighted by Crippen LogP contribution is -2.33. The Kier molecular flexibility index (Phi) is 6.15. The number of hydrogen-bond acceptors (Lipinski definition) is 7. The van der Waals surface area contributed by atoms with Gasteiger partial charge in [0.2, 0.25) is 6.04 Å². The second-order valence-electron chi connectivity index (χ2n) is 6.36. The van der Waals surface area contributed by atoms with Crippen molar-refractivity contribution in [3.05, 3.63) is 56.5 Å². The molecule has 2 rings (SSSR count). The van der Waals surface area contributed by atoms with Gasteiger partial charge in [0.25, 0.3) is 0 Å². The molecule has 0 aliphatic carbocycles. The summed E-state index contributed by atoms with van der Waals surface area (Å²) < 4.78 is 30.6. The molecule has 3 atom stereocenters. The Bertz CT molecular complexity index is 890. The molecule has 1 heterocycles. The van der Waals surface area contributed by atoms with Crippen molar-refractivity contribution in [2.75, 3.05) is 12.4 Å². The zero-order valence-electron chi connectivity index (χ0n) is 15.2. The first kappa shape index (κ1) is 20.8. The van der Waals surface area contributed by atoms with Crippen LogP contribution in [-0.4, -0.2) is 43.5 Å². The van der Waals surface area contributed by atoms with E-state index in [2.05, 4.69) is 0 Å². The van der Waals surface area contributed by atoms with E-state index in [0.717, 1.165) is 0 Å². The molecule has 8 nitrogen and oxygen atoms in total. The summed E-state index contributed by atoms with van der Waals surface area (Å²) in [5, 5.41) is 11.3. The zero-order valence-corrected chi connectivity index (χ0v) is 16.1. The van der Waals surface area contributed by atoms with Gasteiger partial charge >= 0.3 is 5.97 Å². The van der Waals surface area contributed by atoms with E-state index in [1.807, 2.05) is 0 Å². The van der Waals surface area contributed by atoms with Crippen molar-refractivity contribution < 1.29 is 27.7 Å². The third-order valence-corrected chi connectivity index (χ3v) is 6.61. The van der Waals surface area contributed by atoms with Crippen molar-refractivity contribution in [2.45, 2.75) is 32.7 Å². The molecule has 146 valence electrons. The lowest BCUT2D eigenvalue weighted by atomic mass is 9.81. The number of carbonyl (C=O) groups excluding carboxylic acids is 2. The molecule has 0 N–H and O–H groups in total. The van der Waals surface area contributed by atoms with E-state index in [1.165, 1.54) is 13.8 Å². The standard InChI is InChI=1S/C18H21NO7S/c1-4-26-18(21)15(12(3)20)16(13-8-6-5-7-9-13)17-11(2)14(19(22)23)10-27(17,24)25/h5-9,14-16H,4,10H2,1-3H3/t14-,15-,16-/m1/s1. The van der Waals surface area contributed by atoms with Crippen molar-refractivity contribution >= 4 is 21.6 Å². The summed E-state index contributed by atoms with van der Waals surface area (Å²) in [6.45, 7) is 4.14. The van der Waals surface area contributed by atoms with Gasteiger partial charge in [0, 0.05) is 16.4 Å². The molecule has 0 radical (unpaired) electrons. The molecule has 27 heavy (non-hydrogen) atoms. The fourth-order valence-electron chi connectivity index (χ4n) is 3.41. The van der Waals surface area contributed by atoms with E-state index in [-0.39, 0.29) is 17.1 Å². The number of allylic oxidation sites excluding steroid dienone is 1. The summed E-state index contributed by atoms with van der Waals surface area (Å²) in [5.41, 5.74) is 0.456. The molecule has 1 aromatic rings. The fourth-order valence-corrected chi connectivity index (χ4v) is 5.67. The number of nitrogens with zero attached hydrogens (tertiary/aromatic N) is 1. The minimum atomic E-state index is -4.03. The number of nitro groups is 1. The number of esters is 1. The van der Waals surface area contributed by atoms with Gasteiger partial charge in [0.05, 0.1) is 11.5 Å². The second kappa shape index (κ2) is 7.99. The first-order chi connectivity index (χ1) is 12.6. The quantitative estimate of drug-likeness (QED) is 0.299. The van der Waals surface area contributed by atoms with Crippen LogP contribution in [0.1, 0.15) is 32.3 Å². The predicted octanol–water partition coefficient (Wildman–Crippen LogP) is 1.89. The van der Waals surface area contributed by atoms with Gasteiger partial charge in [-0.15, -0.1) is 0 Å². The lowest BCUT2D eigenvalue weighted by Gasteiger charge is -2.25. The van der Waals surface area contributed by atoms with Crippen LogP contribution in [0.25, 0.3) is 0 Å². The second-order valence-corrected chi connectivity index (χ2v) is 8.36. The molecular formula is C18H21NO7S. The van der Waals surface area contributed by atoms with E-state index in [9.17, 15) is 28.1 Å². The van der Waals surface area contributed by atoms with E-state index in [0.29, 0.717) is 5.56 Å². The Labute approximate surface area is 157 Å². The third-order valence-electron chi connectivity index (χ3n) is 4.61. The van der Waals surface area contributed by atoms with Gasteiger partial charge in [-0.1, -0.05) is 30.3 Å². The molecule has 0 fully saturated rings. The van der Waals surface area contributed by atoms with Gasteiger partial charge in [-0.05, 0) is 26.3 Å². The summed E-state index contributed by atoms with van der Waals surface area (Å²) in [7, 11) is -4.03. The Morgan fingerprint density at radius 1 is 1.30 bits per heavy atom. The number of sulfone groups is 1. The third kappa shape index (κ3) is 4.08. The van der Waals surface area contributed by atoms with Gasteiger partial charge in [0.15, 0.2) is 9.84 Å². The molecule has 9 heteroatoms. The first-order valence-corrected chi connectivity index (χ1v) is 10.1. The summed E-state index contributed by atoms with van der Waals surface area (Å²) in [6.07, 6.45) is 0. The molecule has 0 amide bonds. The number of Topliss-reactive ketones (excluding diaryl/α,β-unsaturated/α-hetero) is 1. The Morgan fingerprint density at radius 3 is 2.33 bits per heavy atom. The maximum Gasteiger partial charge on any atom is 0.317 e. The van der Waals surface area contributed by atoms with Crippen LogP contribution in [0.15, 0.2) is 40.8 Å². The Balaban J connectivity index is 2.75. The monoisotopic (exact) mass is 395 g/mol. The number of carbonyl (C=O) groups is 2. The van der Waals surface area contributed by atoms with E-state index >= 15 is 0 Å².